The third-order valence-electron chi connectivity index (χ3n) is 5.19. The highest BCUT2D eigenvalue weighted by Gasteiger charge is 2.49. The van der Waals surface area contributed by atoms with Gasteiger partial charge in [0.05, 0.1) is 6.54 Å². The smallest absolute Gasteiger partial charge is 0.246 e. The van der Waals surface area contributed by atoms with Crippen molar-refractivity contribution in [2.24, 2.45) is 0 Å². The Morgan fingerprint density at radius 3 is 2.80 bits per heavy atom. The van der Waals surface area contributed by atoms with Crippen LogP contribution >= 0.6 is 0 Å². The van der Waals surface area contributed by atoms with E-state index in [1.54, 1.807) is 6.07 Å². The standard InChI is InChI=1S/C17H25N3O4S/c1-13-11-14-16(24-17(5-6-17)12-18-25(14,21)22)19-15(13)23-10-9-20-7-3-2-4-8-20/h11,18H,2-10,12H2,1H3. The number of hydrogen-bond donors (Lipinski definition) is 1. The van der Waals surface area contributed by atoms with Gasteiger partial charge in [-0.25, -0.2) is 13.1 Å². The summed E-state index contributed by atoms with van der Waals surface area (Å²) < 4.78 is 39.2. The molecule has 0 bridgehead atoms. The van der Waals surface area contributed by atoms with E-state index in [2.05, 4.69) is 14.6 Å². The summed E-state index contributed by atoms with van der Waals surface area (Å²) in [5.41, 5.74) is 0.282. The number of pyridine rings is 1. The first kappa shape index (κ1) is 17.1. The molecule has 0 aromatic carbocycles. The Balaban J connectivity index is 1.51. The van der Waals surface area contributed by atoms with Crippen molar-refractivity contribution in [2.75, 3.05) is 32.8 Å². The Labute approximate surface area is 148 Å². The Bertz CT molecular complexity index is 755. The molecule has 1 N–H and O–H groups in total. The van der Waals surface area contributed by atoms with Crippen LogP contribution in [-0.4, -0.2) is 56.7 Å². The van der Waals surface area contributed by atoms with Gasteiger partial charge in [0.1, 0.15) is 17.1 Å². The molecular formula is C17H25N3O4S. The van der Waals surface area contributed by atoms with Crippen molar-refractivity contribution in [2.45, 2.75) is 49.5 Å². The first-order chi connectivity index (χ1) is 12.0. The van der Waals surface area contributed by atoms with Gasteiger partial charge in [-0.15, -0.1) is 0 Å². The molecule has 0 unspecified atom stereocenters. The molecule has 7 nitrogen and oxygen atoms in total. The molecule has 1 aromatic heterocycles. The third-order valence-corrected chi connectivity index (χ3v) is 6.58. The fraction of sp³-hybridized carbons (Fsp3) is 0.706. The lowest BCUT2D eigenvalue weighted by atomic mass is 10.1. The molecule has 2 aliphatic heterocycles. The molecule has 0 atom stereocenters. The molecule has 1 saturated heterocycles. The largest absolute Gasteiger partial charge is 0.476 e. The lowest BCUT2D eigenvalue weighted by Gasteiger charge is -2.26. The Hall–Kier alpha value is -1.38. The molecule has 3 aliphatic rings. The number of aryl methyl sites for hydroxylation is 1. The van der Waals surface area contributed by atoms with Crippen molar-refractivity contribution < 1.29 is 17.9 Å². The van der Waals surface area contributed by atoms with Crippen LogP contribution < -0.4 is 14.2 Å². The van der Waals surface area contributed by atoms with Gasteiger partial charge in [0.15, 0.2) is 0 Å². The minimum atomic E-state index is -3.59. The van der Waals surface area contributed by atoms with E-state index in [1.807, 2.05) is 6.92 Å². The van der Waals surface area contributed by atoms with Gasteiger partial charge >= 0.3 is 0 Å². The maximum absolute atomic E-state index is 12.4. The van der Waals surface area contributed by atoms with Crippen LogP contribution in [0.2, 0.25) is 0 Å². The summed E-state index contributed by atoms with van der Waals surface area (Å²) in [6.45, 7) is 5.77. The van der Waals surface area contributed by atoms with Crippen molar-refractivity contribution in [1.29, 1.82) is 0 Å². The van der Waals surface area contributed by atoms with E-state index >= 15 is 0 Å². The molecule has 1 aliphatic carbocycles. The quantitative estimate of drug-likeness (QED) is 0.868. The first-order valence-electron chi connectivity index (χ1n) is 9.03. The van der Waals surface area contributed by atoms with Crippen LogP contribution in [0.15, 0.2) is 11.0 Å². The van der Waals surface area contributed by atoms with Crippen LogP contribution in [0.5, 0.6) is 11.8 Å². The number of fused-ring (bicyclic) bond motifs is 1. The summed E-state index contributed by atoms with van der Waals surface area (Å²) in [6.07, 6.45) is 5.49. The van der Waals surface area contributed by atoms with Crippen molar-refractivity contribution in [1.82, 2.24) is 14.6 Å². The molecule has 4 rings (SSSR count). The van der Waals surface area contributed by atoms with Gasteiger partial charge in [0.25, 0.3) is 0 Å². The van der Waals surface area contributed by atoms with E-state index in [-0.39, 0.29) is 10.8 Å². The van der Waals surface area contributed by atoms with Crippen LogP contribution in [0.3, 0.4) is 0 Å². The van der Waals surface area contributed by atoms with E-state index in [0.717, 1.165) is 32.5 Å². The second kappa shape index (κ2) is 6.41. The fourth-order valence-corrected chi connectivity index (χ4v) is 4.64. The van der Waals surface area contributed by atoms with Crippen LogP contribution in [0.25, 0.3) is 0 Å². The number of rotatable bonds is 4. The third kappa shape index (κ3) is 3.61. The molecule has 1 aromatic rings. The summed E-state index contributed by atoms with van der Waals surface area (Å²) in [5, 5.41) is 0. The summed E-state index contributed by atoms with van der Waals surface area (Å²) in [4.78, 5) is 6.91. The van der Waals surface area contributed by atoms with Gasteiger partial charge < -0.3 is 9.47 Å². The van der Waals surface area contributed by atoms with E-state index < -0.39 is 15.6 Å². The average Bonchev–Trinajstić information content (AvgIpc) is 3.37. The maximum Gasteiger partial charge on any atom is 0.246 e. The van der Waals surface area contributed by atoms with Crippen LogP contribution in [0, 0.1) is 6.92 Å². The molecule has 25 heavy (non-hydrogen) atoms. The maximum atomic E-state index is 12.4. The number of aromatic nitrogens is 1. The predicted molar refractivity (Wildman–Crippen MR) is 92.5 cm³/mol. The van der Waals surface area contributed by atoms with Crippen molar-refractivity contribution in [3.8, 4) is 11.8 Å². The summed E-state index contributed by atoms with van der Waals surface area (Å²) in [6, 6.07) is 1.60. The lowest BCUT2D eigenvalue weighted by Crippen LogP contribution is -2.33. The second-order valence-corrected chi connectivity index (χ2v) is 9.01. The number of nitrogens with one attached hydrogen (secondary N) is 1. The highest BCUT2D eigenvalue weighted by atomic mass is 32.2. The van der Waals surface area contributed by atoms with Gasteiger partial charge in [-0.05, 0) is 51.8 Å². The number of ether oxygens (including phenoxy) is 2. The van der Waals surface area contributed by atoms with Crippen LogP contribution in [-0.2, 0) is 10.0 Å². The van der Waals surface area contributed by atoms with E-state index in [0.29, 0.717) is 24.6 Å². The fourth-order valence-electron chi connectivity index (χ4n) is 3.39. The van der Waals surface area contributed by atoms with Crippen LogP contribution in [0.1, 0.15) is 37.7 Å². The molecule has 138 valence electrons. The highest BCUT2D eigenvalue weighted by molar-refractivity contribution is 7.89. The van der Waals surface area contributed by atoms with Crippen molar-refractivity contribution in [3.63, 3.8) is 0 Å². The molecular weight excluding hydrogens is 342 g/mol. The summed E-state index contributed by atoms with van der Waals surface area (Å²) >= 11 is 0. The molecule has 2 fully saturated rings. The number of nitrogens with zero attached hydrogens (tertiary/aromatic N) is 2. The van der Waals surface area contributed by atoms with Gasteiger partial charge in [0, 0.05) is 12.1 Å². The van der Waals surface area contributed by atoms with Gasteiger partial charge in [-0.1, -0.05) is 6.42 Å². The number of likely N-dealkylation sites (tertiary alicyclic amines) is 1. The van der Waals surface area contributed by atoms with E-state index in [9.17, 15) is 8.42 Å². The van der Waals surface area contributed by atoms with Crippen LogP contribution in [0.4, 0.5) is 0 Å². The number of sulfonamides is 1. The molecule has 0 radical (unpaired) electrons. The number of piperidine rings is 1. The first-order valence-corrected chi connectivity index (χ1v) is 10.5. The zero-order valence-corrected chi connectivity index (χ0v) is 15.4. The summed E-state index contributed by atoms with van der Waals surface area (Å²) in [5.74, 6) is 0.629. The molecule has 1 spiro atoms. The van der Waals surface area contributed by atoms with Gasteiger partial charge in [-0.3, -0.25) is 4.90 Å². The Morgan fingerprint density at radius 2 is 2.08 bits per heavy atom. The average molecular weight is 367 g/mol. The monoisotopic (exact) mass is 367 g/mol. The molecule has 1 saturated carbocycles. The van der Waals surface area contributed by atoms with Gasteiger partial charge in [0.2, 0.25) is 21.8 Å². The normalized spacial score (nSPS) is 24.2. The Morgan fingerprint density at radius 1 is 1.32 bits per heavy atom. The zero-order chi connectivity index (χ0) is 17.5. The highest BCUT2D eigenvalue weighted by Crippen LogP contribution is 2.43. The van der Waals surface area contributed by atoms with Crippen molar-refractivity contribution in [3.05, 3.63) is 11.6 Å². The van der Waals surface area contributed by atoms with E-state index in [4.69, 9.17) is 9.47 Å². The van der Waals surface area contributed by atoms with Crippen molar-refractivity contribution >= 4 is 10.0 Å². The summed E-state index contributed by atoms with van der Waals surface area (Å²) in [7, 11) is -3.59. The Kier molecular flexibility index (Phi) is 4.37. The van der Waals surface area contributed by atoms with Gasteiger partial charge in [-0.2, -0.15) is 4.98 Å². The second-order valence-electron chi connectivity index (χ2n) is 7.27. The zero-order valence-electron chi connectivity index (χ0n) is 14.6. The minimum Gasteiger partial charge on any atom is -0.476 e. The SMILES string of the molecule is Cc1cc2c(nc1OCCN1CCCCC1)OC1(CC1)CNS2(=O)=O. The van der Waals surface area contributed by atoms with E-state index in [1.165, 1.54) is 19.3 Å². The lowest BCUT2D eigenvalue weighted by molar-refractivity contribution is 0.164. The topological polar surface area (TPSA) is 80.8 Å². The predicted octanol–water partition coefficient (Wildman–Crippen LogP) is 1.46. The molecule has 0 amide bonds. The minimum absolute atomic E-state index is 0.108. The molecule has 3 heterocycles. The molecule has 8 heteroatoms. The number of hydrogen-bond acceptors (Lipinski definition) is 6.